The summed E-state index contributed by atoms with van der Waals surface area (Å²) < 4.78 is 23.4. The Hall–Kier alpha value is -0.520. The molecule has 2 N–H and O–H groups in total. The molecule has 1 aromatic rings. The van der Waals surface area contributed by atoms with Gasteiger partial charge in [0.05, 0.1) is 20.3 Å². The van der Waals surface area contributed by atoms with Crippen LogP contribution < -0.4 is 15.2 Å². The maximum Gasteiger partial charge on any atom is 0.161 e. The molecule has 92 valence electrons. The van der Waals surface area contributed by atoms with Gasteiger partial charge in [0.2, 0.25) is 0 Å². The molecule has 0 saturated heterocycles. The quantitative estimate of drug-likeness (QED) is 0.929. The third kappa shape index (κ3) is 3.23. The summed E-state index contributed by atoms with van der Waals surface area (Å²) in [6, 6.07) is 2.73. The van der Waals surface area contributed by atoms with E-state index in [4.69, 9.17) is 15.2 Å². The number of methoxy groups -OCH3 is 2. The summed E-state index contributed by atoms with van der Waals surface area (Å²) in [6.07, 6.45) is 0. The summed E-state index contributed by atoms with van der Waals surface area (Å²) in [5.74, 6) is 1.12. The van der Waals surface area contributed by atoms with Crippen molar-refractivity contribution in [2.75, 3.05) is 20.9 Å². The summed E-state index contributed by atoms with van der Waals surface area (Å²) in [6.45, 7) is -0.617. The Morgan fingerprint density at radius 1 is 1.31 bits per heavy atom. The standard InChI is InChI=1S/C10H13BrFNO2.ClH/c1-14-9-3-6(8(13)5-12)7(11)4-10(9)15-2;/h3-4,8H,5,13H2,1-2H3;1H/t8-;/m0./s1. The molecule has 0 aliphatic carbocycles. The van der Waals surface area contributed by atoms with Gasteiger partial charge in [-0.3, -0.25) is 0 Å². The summed E-state index contributed by atoms with van der Waals surface area (Å²) in [7, 11) is 3.07. The summed E-state index contributed by atoms with van der Waals surface area (Å²) in [4.78, 5) is 0. The fourth-order valence-corrected chi connectivity index (χ4v) is 1.85. The van der Waals surface area contributed by atoms with E-state index in [1.807, 2.05) is 0 Å². The summed E-state index contributed by atoms with van der Waals surface area (Å²) >= 11 is 3.31. The Labute approximate surface area is 109 Å². The van der Waals surface area contributed by atoms with Gasteiger partial charge >= 0.3 is 0 Å². The van der Waals surface area contributed by atoms with Gasteiger partial charge in [0.15, 0.2) is 11.5 Å². The van der Waals surface area contributed by atoms with Gasteiger partial charge in [-0.25, -0.2) is 4.39 Å². The third-order valence-electron chi connectivity index (χ3n) is 2.07. The Bertz CT molecular complexity index is 352. The summed E-state index contributed by atoms with van der Waals surface area (Å²) in [5, 5.41) is 0. The topological polar surface area (TPSA) is 44.5 Å². The lowest BCUT2D eigenvalue weighted by molar-refractivity contribution is 0.353. The van der Waals surface area contributed by atoms with Crippen molar-refractivity contribution in [3.63, 3.8) is 0 Å². The second kappa shape index (κ2) is 6.93. The number of halogens is 3. The van der Waals surface area contributed by atoms with Crippen LogP contribution in [0.3, 0.4) is 0 Å². The second-order valence-electron chi connectivity index (χ2n) is 2.99. The maximum absolute atomic E-state index is 12.5. The molecule has 0 aliphatic heterocycles. The van der Waals surface area contributed by atoms with E-state index in [9.17, 15) is 4.39 Å². The molecule has 1 aromatic carbocycles. The van der Waals surface area contributed by atoms with E-state index in [0.29, 0.717) is 21.5 Å². The Kier molecular flexibility index (Phi) is 6.71. The van der Waals surface area contributed by atoms with E-state index in [2.05, 4.69) is 15.9 Å². The molecule has 0 spiro atoms. The van der Waals surface area contributed by atoms with E-state index >= 15 is 0 Å². The lowest BCUT2D eigenvalue weighted by atomic mass is 10.1. The molecule has 1 rings (SSSR count). The molecule has 0 fully saturated rings. The van der Waals surface area contributed by atoms with E-state index < -0.39 is 12.7 Å². The van der Waals surface area contributed by atoms with Crippen molar-refractivity contribution in [3.05, 3.63) is 22.2 Å². The van der Waals surface area contributed by atoms with Crippen LogP contribution in [-0.4, -0.2) is 20.9 Å². The molecule has 0 bridgehead atoms. The first-order valence-electron chi connectivity index (χ1n) is 4.37. The minimum absolute atomic E-state index is 0. The zero-order valence-corrected chi connectivity index (χ0v) is 11.4. The fourth-order valence-electron chi connectivity index (χ4n) is 1.24. The minimum atomic E-state index is -0.654. The highest BCUT2D eigenvalue weighted by Crippen LogP contribution is 2.35. The molecule has 0 unspecified atom stereocenters. The molecule has 0 amide bonds. The zero-order valence-electron chi connectivity index (χ0n) is 9.00. The van der Waals surface area contributed by atoms with Crippen LogP contribution in [0.15, 0.2) is 16.6 Å². The molecule has 0 heterocycles. The van der Waals surface area contributed by atoms with Gasteiger partial charge in [0, 0.05) is 4.47 Å². The van der Waals surface area contributed by atoms with Gasteiger partial charge in [-0.2, -0.15) is 0 Å². The Morgan fingerprint density at radius 2 is 1.81 bits per heavy atom. The van der Waals surface area contributed by atoms with E-state index in [1.165, 1.54) is 7.11 Å². The van der Waals surface area contributed by atoms with Crippen LogP contribution in [0, 0.1) is 0 Å². The molecular weight excluding hydrogens is 300 g/mol. The van der Waals surface area contributed by atoms with Crippen LogP contribution in [0.25, 0.3) is 0 Å². The highest BCUT2D eigenvalue weighted by Gasteiger charge is 2.14. The van der Waals surface area contributed by atoms with Crippen LogP contribution in [0.5, 0.6) is 11.5 Å². The predicted octanol–water partition coefficient (Wildman–Crippen LogP) is 2.86. The first-order valence-corrected chi connectivity index (χ1v) is 5.16. The molecule has 1 atom stereocenters. The van der Waals surface area contributed by atoms with Crippen molar-refractivity contribution in [3.8, 4) is 11.5 Å². The van der Waals surface area contributed by atoms with Crippen LogP contribution in [-0.2, 0) is 0 Å². The number of alkyl halides is 1. The first-order chi connectivity index (χ1) is 7.13. The predicted molar refractivity (Wildman–Crippen MR) is 67.4 cm³/mol. The van der Waals surface area contributed by atoms with Crippen molar-refractivity contribution >= 4 is 28.3 Å². The summed E-state index contributed by atoms with van der Waals surface area (Å²) in [5.41, 5.74) is 6.27. The number of hydrogen-bond acceptors (Lipinski definition) is 3. The lowest BCUT2D eigenvalue weighted by Crippen LogP contribution is -2.13. The minimum Gasteiger partial charge on any atom is -0.493 e. The largest absolute Gasteiger partial charge is 0.493 e. The number of ether oxygens (including phenoxy) is 2. The van der Waals surface area contributed by atoms with E-state index in [1.54, 1.807) is 19.2 Å². The van der Waals surface area contributed by atoms with Crippen molar-refractivity contribution in [1.82, 2.24) is 0 Å². The highest BCUT2D eigenvalue weighted by atomic mass is 79.9. The first kappa shape index (κ1) is 15.5. The molecule has 16 heavy (non-hydrogen) atoms. The Morgan fingerprint density at radius 3 is 2.25 bits per heavy atom. The smallest absolute Gasteiger partial charge is 0.161 e. The number of nitrogens with two attached hydrogens (primary N) is 1. The maximum atomic E-state index is 12.5. The normalized spacial score (nSPS) is 11.6. The average Bonchev–Trinajstić information content (AvgIpc) is 2.27. The van der Waals surface area contributed by atoms with Crippen LogP contribution in [0.1, 0.15) is 11.6 Å². The average molecular weight is 315 g/mol. The van der Waals surface area contributed by atoms with E-state index in [0.717, 1.165) is 0 Å². The van der Waals surface area contributed by atoms with Gasteiger partial charge in [-0.05, 0) is 17.7 Å². The lowest BCUT2D eigenvalue weighted by Gasteiger charge is -2.14. The van der Waals surface area contributed by atoms with Gasteiger partial charge in [-0.1, -0.05) is 15.9 Å². The Balaban J connectivity index is 0.00000225. The number of rotatable bonds is 4. The monoisotopic (exact) mass is 313 g/mol. The van der Waals surface area contributed by atoms with E-state index in [-0.39, 0.29) is 12.4 Å². The fraction of sp³-hybridized carbons (Fsp3) is 0.400. The van der Waals surface area contributed by atoms with Crippen LogP contribution >= 0.6 is 28.3 Å². The van der Waals surface area contributed by atoms with Gasteiger partial charge < -0.3 is 15.2 Å². The molecule has 0 aliphatic rings. The van der Waals surface area contributed by atoms with Gasteiger partial charge in [0.1, 0.15) is 6.67 Å². The molecule has 0 aromatic heterocycles. The molecule has 3 nitrogen and oxygen atoms in total. The second-order valence-corrected chi connectivity index (χ2v) is 3.84. The molecule has 6 heteroatoms. The zero-order chi connectivity index (χ0) is 11.4. The molecular formula is C10H14BrClFNO2. The third-order valence-corrected chi connectivity index (χ3v) is 2.76. The molecule has 0 saturated carbocycles. The van der Waals surface area contributed by atoms with Crippen molar-refractivity contribution < 1.29 is 13.9 Å². The van der Waals surface area contributed by atoms with Crippen molar-refractivity contribution in [1.29, 1.82) is 0 Å². The highest BCUT2D eigenvalue weighted by molar-refractivity contribution is 9.10. The van der Waals surface area contributed by atoms with Crippen LogP contribution in [0.4, 0.5) is 4.39 Å². The number of benzene rings is 1. The molecule has 0 radical (unpaired) electrons. The SMILES string of the molecule is COc1cc(Br)c([C@@H](N)CF)cc1OC.Cl. The van der Waals surface area contributed by atoms with Gasteiger partial charge in [0.25, 0.3) is 0 Å². The van der Waals surface area contributed by atoms with Crippen molar-refractivity contribution in [2.45, 2.75) is 6.04 Å². The van der Waals surface area contributed by atoms with Gasteiger partial charge in [-0.15, -0.1) is 12.4 Å². The van der Waals surface area contributed by atoms with Crippen LogP contribution in [0.2, 0.25) is 0 Å². The van der Waals surface area contributed by atoms with Crippen molar-refractivity contribution in [2.24, 2.45) is 5.73 Å². The number of hydrogen-bond donors (Lipinski definition) is 1.